The largest absolute Gasteiger partial charge is 0.355 e. The van der Waals surface area contributed by atoms with Crippen LogP contribution < -0.4 is 26.6 Å². The molecule has 0 unspecified atom stereocenters. The van der Waals surface area contributed by atoms with Gasteiger partial charge in [-0.05, 0) is 68.0 Å². The Labute approximate surface area is 260 Å². The molecule has 3 aromatic rings. The number of nitrogens with one attached hydrogen (secondary N) is 5. The van der Waals surface area contributed by atoms with E-state index in [0.717, 1.165) is 16.7 Å². The van der Waals surface area contributed by atoms with Crippen LogP contribution in [0.5, 0.6) is 0 Å². The first-order valence-electron chi connectivity index (χ1n) is 15.2. The third-order valence-corrected chi connectivity index (χ3v) is 7.41. The van der Waals surface area contributed by atoms with Crippen LogP contribution in [0, 0.1) is 12.8 Å². The van der Waals surface area contributed by atoms with Gasteiger partial charge < -0.3 is 26.6 Å². The number of rotatable bonds is 15. The van der Waals surface area contributed by atoms with Gasteiger partial charge in [-0.2, -0.15) is 0 Å². The van der Waals surface area contributed by atoms with Crippen molar-refractivity contribution in [3.63, 3.8) is 0 Å². The molecule has 0 aromatic heterocycles. The van der Waals surface area contributed by atoms with Crippen LogP contribution >= 0.6 is 0 Å². The lowest BCUT2D eigenvalue weighted by atomic mass is 10.0. The van der Waals surface area contributed by atoms with E-state index >= 15 is 0 Å². The van der Waals surface area contributed by atoms with E-state index in [4.69, 9.17) is 0 Å². The summed E-state index contributed by atoms with van der Waals surface area (Å²) in [5.74, 6) is -1.19. The molecule has 0 heterocycles. The van der Waals surface area contributed by atoms with Gasteiger partial charge in [-0.1, -0.05) is 74.5 Å². The smallest absolute Gasteiger partial charge is 0.251 e. The highest BCUT2D eigenvalue weighted by molar-refractivity contribution is 5.99. The highest BCUT2D eigenvalue weighted by atomic mass is 16.2. The lowest BCUT2D eigenvalue weighted by Gasteiger charge is -2.25. The van der Waals surface area contributed by atoms with Crippen molar-refractivity contribution in [3.05, 3.63) is 107 Å². The van der Waals surface area contributed by atoms with Crippen LogP contribution in [0.15, 0.2) is 78.9 Å². The van der Waals surface area contributed by atoms with Crippen LogP contribution in [0.3, 0.4) is 0 Å². The molecule has 0 aliphatic heterocycles. The molecule has 0 aliphatic rings. The van der Waals surface area contributed by atoms with E-state index in [1.54, 1.807) is 31.2 Å². The van der Waals surface area contributed by atoms with Gasteiger partial charge in [-0.15, -0.1) is 0 Å². The Hall–Kier alpha value is -4.50. The third kappa shape index (κ3) is 10.3. The zero-order chi connectivity index (χ0) is 32.1. The van der Waals surface area contributed by atoms with Gasteiger partial charge in [0, 0.05) is 36.8 Å². The topological polar surface area (TPSA) is 128 Å². The summed E-state index contributed by atoms with van der Waals surface area (Å²) in [6.45, 7) is 10.5. The van der Waals surface area contributed by atoms with Crippen LogP contribution in [0.2, 0.25) is 0 Å². The predicted molar refractivity (Wildman–Crippen MR) is 173 cm³/mol. The second-order valence-electron chi connectivity index (χ2n) is 11.3. The summed E-state index contributed by atoms with van der Waals surface area (Å²) in [5.41, 5.74) is 3.89. The van der Waals surface area contributed by atoms with Gasteiger partial charge in [0.1, 0.15) is 6.04 Å². The SMILES string of the molecule is CCNC(=O)[C@@H](NC(=O)[C@H](C)NC[C@H](Cc1ccccc1)NC(=O)c1cccc(C(=O)NCc2ccccc2C)c1)C(C)C. The van der Waals surface area contributed by atoms with Crippen molar-refractivity contribution < 1.29 is 19.2 Å². The molecule has 0 fully saturated rings. The summed E-state index contributed by atoms with van der Waals surface area (Å²) in [4.78, 5) is 51.7. The average Bonchev–Trinajstić information content (AvgIpc) is 3.02. The molecule has 0 saturated heterocycles. The Kier molecular flexibility index (Phi) is 13.1. The van der Waals surface area contributed by atoms with E-state index in [1.165, 1.54) is 0 Å². The van der Waals surface area contributed by atoms with Crippen molar-refractivity contribution >= 4 is 23.6 Å². The fourth-order valence-corrected chi connectivity index (χ4v) is 4.74. The van der Waals surface area contributed by atoms with Crippen LogP contribution in [0.1, 0.15) is 65.1 Å². The second-order valence-corrected chi connectivity index (χ2v) is 11.3. The van der Waals surface area contributed by atoms with Crippen molar-refractivity contribution in [2.24, 2.45) is 5.92 Å². The Morgan fingerprint density at radius 2 is 1.39 bits per heavy atom. The van der Waals surface area contributed by atoms with Crippen LogP contribution in [-0.4, -0.2) is 54.8 Å². The molecule has 3 rings (SSSR count). The van der Waals surface area contributed by atoms with Gasteiger partial charge in [0.2, 0.25) is 11.8 Å². The van der Waals surface area contributed by atoms with Crippen LogP contribution in [0.4, 0.5) is 0 Å². The number of aryl methyl sites for hydroxylation is 1. The standard InChI is InChI=1S/C35H45N5O4/c1-6-36-35(44)31(23(2)3)40-32(41)25(5)37-22-30(19-26-14-8-7-9-15-26)39-34(43)28-18-12-17-27(20-28)33(42)38-21-29-16-11-10-13-24(29)4/h7-18,20,23,25,30-31,37H,6,19,21-22H2,1-5H3,(H,36,44)(H,38,42)(H,39,43)(H,40,41)/t25-,30-,31-/m0/s1. The Morgan fingerprint density at radius 3 is 2.05 bits per heavy atom. The normalized spacial score (nSPS) is 13.0. The summed E-state index contributed by atoms with van der Waals surface area (Å²) >= 11 is 0. The first-order valence-corrected chi connectivity index (χ1v) is 15.2. The van der Waals surface area contributed by atoms with Crippen molar-refractivity contribution in [1.82, 2.24) is 26.6 Å². The minimum Gasteiger partial charge on any atom is -0.355 e. The molecule has 3 aromatic carbocycles. The molecule has 5 N–H and O–H groups in total. The molecule has 0 aliphatic carbocycles. The zero-order valence-electron chi connectivity index (χ0n) is 26.3. The van der Waals surface area contributed by atoms with Gasteiger partial charge in [0.05, 0.1) is 6.04 Å². The maximum Gasteiger partial charge on any atom is 0.251 e. The monoisotopic (exact) mass is 599 g/mol. The molecule has 9 nitrogen and oxygen atoms in total. The lowest BCUT2D eigenvalue weighted by molar-refractivity contribution is -0.130. The average molecular weight is 600 g/mol. The maximum absolute atomic E-state index is 13.4. The Bertz CT molecular complexity index is 1410. The van der Waals surface area contributed by atoms with Gasteiger partial charge in [-0.25, -0.2) is 0 Å². The van der Waals surface area contributed by atoms with Gasteiger partial charge in [-0.3, -0.25) is 19.2 Å². The minimum atomic E-state index is -0.646. The van der Waals surface area contributed by atoms with Crippen LogP contribution in [-0.2, 0) is 22.6 Å². The molecule has 3 atom stereocenters. The molecule has 44 heavy (non-hydrogen) atoms. The zero-order valence-corrected chi connectivity index (χ0v) is 26.3. The fourth-order valence-electron chi connectivity index (χ4n) is 4.74. The van der Waals surface area contributed by atoms with Crippen molar-refractivity contribution in [2.75, 3.05) is 13.1 Å². The van der Waals surface area contributed by atoms with E-state index in [1.807, 2.05) is 82.3 Å². The molecular weight excluding hydrogens is 554 g/mol. The van der Waals surface area contributed by atoms with Gasteiger partial charge in [0.15, 0.2) is 0 Å². The first-order chi connectivity index (χ1) is 21.1. The quantitative estimate of drug-likeness (QED) is 0.183. The molecule has 0 saturated carbocycles. The third-order valence-electron chi connectivity index (χ3n) is 7.41. The summed E-state index contributed by atoms with van der Waals surface area (Å²) in [7, 11) is 0. The molecule has 234 valence electrons. The van der Waals surface area contributed by atoms with E-state index in [9.17, 15) is 19.2 Å². The number of hydrogen-bond donors (Lipinski definition) is 5. The van der Waals surface area contributed by atoms with Crippen molar-refractivity contribution in [3.8, 4) is 0 Å². The molecule has 9 heteroatoms. The maximum atomic E-state index is 13.4. The summed E-state index contributed by atoms with van der Waals surface area (Å²) in [6.07, 6.45) is 0.526. The highest BCUT2D eigenvalue weighted by Crippen LogP contribution is 2.10. The second kappa shape index (κ2) is 17.0. The van der Waals surface area contributed by atoms with Gasteiger partial charge in [0.25, 0.3) is 11.8 Å². The predicted octanol–water partition coefficient (Wildman–Crippen LogP) is 3.52. The Balaban J connectivity index is 1.66. The molecule has 0 spiro atoms. The van der Waals surface area contributed by atoms with E-state index in [0.29, 0.717) is 37.2 Å². The first kappa shape index (κ1) is 34.0. The minimum absolute atomic E-state index is 0.0804. The van der Waals surface area contributed by atoms with E-state index in [2.05, 4.69) is 26.6 Å². The number of carbonyl (C=O) groups is 4. The molecular formula is C35H45N5O4. The molecule has 0 radical (unpaired) electrons. The summed E-state index contributed by atoms with van der Waals surface area (Å²) in [6, 6.07) is 22.6. The molecule has 4 amide bonds. The van der Waals surface area contributed by atoms with Crippen molar-refractivity contribution in [1.29, 1.82) is 0 Å². The fraction of sp³-hybridized carbons (Fsp3) is 0.371. The summed E-state index contributed by atoms with van der Waals surface area (Å²) < 4.78 is 0. The number of benzene rings is 3. The van der Waals surface area contributed by atoms with Gasteiger partial charge >= 0.3 is 0 Å². The number of carbonyl (C=O) groups excluding carboxylic acids is 4. The Morgan fingerprint density at radius 1 is 0.727 bits per heavy atom. The van der Waals surface area contributed by atoms with Crippen molar-refractivity contribution in [2.45, 2.75) is 65.7 Å². The van der Waals surface area contributed by atoms with E-state index < -0.39 is 12.1 Å². The lowest BCUT2D eigenvalue weighted by Crippen LogP contribution is -2.55. The number of amides is 4. The number of hydrogen-bond acceptors (Lipinski definition) is 5. The highest BCUT2D eigenvalue weighted by Gasteiger charge is 2.26. The summed E-state index contributed by atoms with van der Waals surface area (Å²) in [5, 5.41) is 14.8. The molecule has 0 bridgehead atoms. The van der Waals surface area contributed by atoms with Crippen LogP contribution in [0.25, 0.3) is 0 Å². The number of likely N-dealkylation sites (N-methyl/N-ethyl adjacent to an activating group) is 1. The van der Waals surface area contributed by atoms with E-state index in [-0.39, 0.29) is 35.6 Å².